The second-order valence-electron chi connectivity index (χ2n) is 3.95. The maximum Gasteiger partial charge on any atom is 0.128 e. The van der Waals surface area contributed by atoms with E-state index in [0.717, 1.165) is 18.9 Å². The monoisotopic (exact) mass is 227 g/mol. The summed E-state index contributed by atoms with van der Waals surface area (Å²) in [6, 6.07) is 4.77. The predicted octanol–water partition coefficient (Wildman–Crippen LogP) is 1.61. The number of aromatic nitrogens is 1. The summed E-state index contributed by atoms with van der Waals surface area (Å²) in [6.07, 6.45) is 3.09. The number of anilines is 1. The third-order valence-electron chi connectivity index (χ3n) is 2.84. The average Bonchev–Trinajstić information content (AvgIpc) is 2.69. The molecule has 0 unspecified atom stereocenters. The molecule has 1 aliphatic heterocycles. The first-order valence-corrected chi connectivity index (χ1v) is 5.13. The molecule has 0 aromatic carbocycles. The summed E-state index contributed by atoms with van der Waals surface area (Å²) in [5.74, 6) is 1.08. The van der Waals surface area contributed by atoms with E-state index in [1.165, 1.54) is 12.0 Å². The highest BCUT2D eigenvalue weighted by atomic mass is 35.5. The Hall–Kier alpha value is -0.800. The van der Waals surface area contributed by atoms with Crippen molar-refractivity contribution in [3.05, 3.63) is 23.9 Å². The van der Waals surface area contributed by atoms with Crippen molar-refractivity contribution < 1.29 is 0 Å². The van der Waals surface area contributed by atoms with Crippen molar-refractivity contribution in [1.82, 2.24) is 10.3 Å². The molecule has 0 saturated carbocycles. The lowest BCUT2D eigenvalue weighted by Crippen LogP contribution is -2.33. The molecule has 1 fully saturated rings. The van der Waals surface area contributed by atoms with Crippen molar-refractivity contribution in [1.29, 1.82) is 0 Å². The molecular weight excluding hydrogens is 210 g/mol. The van der Waals surface area contributed by atoms with Crippen LogP contribution < -0.4 is 10.2 Å². The lowest BCUT2D eigenvalue weighted by atomic mass is 10.2. The molecule has 2 heterocycles. The third kappa shape index (κ3) is 2.83. The smallest absolute Gasteiger partial charge is 0.128 e. The molecule has 1 aromatic heterocycles. The molecule has 15 heavy (non-hydrogen) atoms. The highest BCUT2D eigenvalue weighted by Crippen LogP contribution is 2.16. The van der Waals surface area contributed by atoms with Crippen LogP contribution in [-0.4, -0.2) is 31.2 Å². The lowest BCUT2D eigenvalue weighted by molar-refractivity contribution is 0.677. The second-order valence-corrected chi connectivity index (χ2v) is 3.95. The van der Waals surface area contributed by atoms with Gasteiger partial charge < -0.3 is 10.2 Å². The minimum Gasteiger partial charge on any atom is -0.355 e. The maximum atomic E-state index is 4.38. The van der Waals surface area contributed by atoms with Crippen LogP contribution in [0.3, 0.4) is 0 Å². The summed E-state index contributed by atoms with van der Waals surface area (Å²) < 4.78 is 0. The van der Waals surface area contributed by atoms with E-state index >= 15 is 0 Å². The van der Waals surface area contributed by atoms with Crippen molar-refractivity contribution in [3.8, 4) is 0 Å². The van der Waals surface area contributed by atoms with Crippen LogP contribution >= 0.6 is 12.4 Å². The molecule has 1 aliphatic rings. The van der Waals surface area contributed by atoms with Gasteiger partial charge in [0, 0.05) is 25.8 Å². The van der Waals surface area contributed by atoms with Gasteiger partial charge >= 0.3 is 0 Å². The fraction of sp³-hybridized carbons (Fsp3) is 0.545. The van der Waals surface area contributed by atoms with Gasteiger partial charge in [0.2, 0.25) is 0 Å². The van der Waals surface area contributed by atoms with Crippen molar-refractivity contribution in [2.45, 2.75) is 19.4 Å². The van der Waals surface area contributed by atoms with E-state index in [1.807, 2.05) is 12.3 Å². The zero-order valence-electron chi connectivity index (χ0n) is 9.23. The van der Waals surface area contributed by atoms with E-state index in [4.69, 9.17) is 0 Å². The summed E-state index contributed by atoms with van der Waals surface area (Å²) in [5.41, 5.74) is 1.27. The molecule has 4 heteroatoms. The first kappa shape index (κ1) is 12.3. The van der Waals surface area contributed by atoms with Gasteiger partial charge in [0.15, 0.2) is 0 Å². The van der Waals surface area contributed by atoms with Gasteiger partial charge in [-0.3, -0.25) is 0 Å². The number of nitrogens with zero attached hydrogens (tertiary/aromatic N) is 2. The maximum absolute atomic E-state index is 4.38. The lowest BCUT2D eigenvalue weighted by Gasteiger charge is -2.24. The first-order chi connectivity index (χ1) is 6.77. The van der Waals surface area contributed by atoms with E-state index in [2.05, 4.69) is 35.2 Å². The molecule has 3 nitrogen and oxygen atoms in total. The SMILES string of the molecule is Cc1ccnc(N(C)[C@H]2CCNC2)c1.Cl. The minimum absolute atomic E-state index is 0. The van der Waals surface area contributed by atoms with Gasteiger partial charge in [0.1, 0.15) is 5.82 Å². The van der Waals surface area contributed by atoms with Gasteiger partial charge in [0.25, 0.3) is 0 Å². The van der Waals surface area contributed by atoms with E-state index in [1.54, 1.807) is 0 Å². The zero-order chi connectivity index (χ0) is 9.97. The molecule has 1 aromatic rings. The molecule has 0 radical (unpaired) electrons. The number of hydrogen-bond donors (Lipinski definition) is 1. The van der Waals surface area contributed by atoms with Crippen LogP contribution in [0.1, 0.15) is 12.0 Å². The van der Waals surface area contributed by atoms with Crippen LogP contribution in [0.25, 0.3) is 0 Å². The highest BCUT2D eigenvalue weighted by molar-refractivity contribution is 5.85. The standard InChI is InChI=1S/C11H17N3.ClH/c1-9-3-6-13-11(7-9)14(2)10-4-5-12-8-10;/h3,6-7,10,12H,4-5,8H2,1-2H3;1H/t10-;/m0./s1. The second kappa shape index (κ2) is 5.33. The molecule has 2 rings (SSSR count). The summed E-state index contributed by atoms with van der Waals surface area (Å²) in [7, 11) is 2.12. The number of nitrogens with one attached hydrogen (secondary N) is 1. The van der Waals surface area contributed by atoms with Gasteiger partial charge in [-0.15, -0.1) is 12.4 Å². The van der Waals surface area contributed by atoms with Crippen molar-refractivity contribution in [3.63, 3.8) is 0 Å². The Bertz CT molecular complexity index is 310. The predicted molar refractivity (Wildman–Crippen MR) is 65.9 cm³/mol. The zero-order valence-corrected chi connectivity index (χ0v) is 10.0. The summed E-state index contributed by atoms with van der Waals surface area (Å²) in [4.78, 5) is 6.65. The van der Waals surface area contributed by atoms with Crippen LogP contribution in [-0.2, 0) is 0 Å². The fourth-order valence-electron chi connectivity index (χ4n) is 1.87. The summed E-state index contributed by atoms with van der Waals surface area (Å²) in [6.45, 7) is 4.30. The Labute approximate surface area is 97.3 Å². The Balaban J connectivity index is 0.00000112. The normalized spacial score (nSPS) is 19.7. The topological polar surface area (TPSA) is 28.2 Å². The molecule has 0 amide bonds. The van der Waals surface area contributed by atoms with Crippen molar-refractivity contribution in [2.24, 2.45) is 0 Å². The van der Waals surface area contributed by atoms with Gasteiger partial charge in [0.05, 0.1) is 0 Å². The van der Waals surface area contributed by atoms with Gasteiger partial charge in [-0.2, -0.15) is 0 Å². The molecular formula is C11H18ClN3. The van der Waals surface area contributed by atoms with E-state index in [9.17, 15) is 0 Å². The van der Waals surface area contributed by atoms with Crippen molar-refractivity contribution >= 4 is 18.2 Å². The fourth-order valence-corrected chi connectivity index (χ4v) is 1.87. The largest absolute Gasteiger partial charge is 0.355 e. The van der Waals surface area contributed by atoms with E-state index in [0.29, 0.717) is 6.04 Å². The Kier molecular flexibility index (Phi) is 4.36. The van der Waals surface area contributed by atoms with Gasteiger partial charge in [-0.25, -0.2) is 4.98 Å². The highest BCUT2D eigenvalue weighted by Gasteiger charge is 2.19. The molecule has 84 valence electrons. The van der Waals surface area contributed by atoms with Crippen LogP contribution in [0, 0.1) is 6.92 Å². The average molecular weight is 228 g/mol. The molecule has 0 aliphatic carbocycles. The Morgan fingerprint density at radius 3 is 2.93 bits per heavy atom. The number of aryl methyl sites for hydroxylation is 1. The van der Waals surface area contributed by atoms with Crippen LogP contribution in [0.15, 0.2) is 18.3 Å². The molecule has 1 atom stereocenters. The Morgan fingerprint density at radius 2 is 2.33 bits per heavy atom. The van der Waals surface area contributed by atoms with Crippen LogP contribution in [0.5, 0.6) is 0 Å². The summed E-state index contributed by atoms with van der Waals surface area (Å²) in [5, 5.41) is 3.37. The number of halogens is 1. The Morgan fingerprint density at radius 1 is 1.53 bits per heavy atom. The number of hydrogen-bond acceptors (Lipinski definition) is 3. The number of likely N-dealkylation sites (N-methyl/N-ethyl adjacent to an activating group) is 1. The molecule has 1 saturated heterocycles. The van der Waals surface area contributed by atoms with Crippen LogP contribution in [0.4, 0.5) is 5.82 Å². The van der Waals surface area contributed by atoms with Gasteiger partial charge in [-0.1, -0.05) is 0 Å². The quantitative estimate of drug-likeness (QED) is 0.832. The van der Waals surface area contributed by atoms with E-state index < -0.39 is 0 Å². The molecule has 1 N–H and O–H groups in total. The van der Waals surface area contributed by atoms with E-state index in [-0.39, 0.29) is 12.4 Å². The first-order valence-electron chi connectivity index (χ1n) is 5.13. The molecule has 0 spiro atoms. The van der Waals surface area contributed by atoms with Crippen molar-refractivity contribution in [2.75, 3.05) is 25.0 Å². The third-order valence-corrected chi connectivity index (χ3v) is 2.84. The van der Waals surface area contributed by atoms with Gasteiger partial charge in [-0.05, 0) is 37.6 Å². The number of rotatable bonds is 2. The number of pyridine rings is 1. The summed E-state index contributed by atoms with van der Waals surface area (Å²) >= 11 is 0. The molecule has 0 bridgehead atoms. The minimum atomic E-state index is 0. The van der Waals surface area contributed by atoms with Crippen LogP contribution in [0.2, 0.25) is 0 Å².